The topological polar surface area (TPSA) is 108 Å². The molecule has 3 aromatic heterocycles. The molecule has 30 heavy (non-hydrogen) atoms. The standard InChI is InChI=1S/C20H18N6O3S/c1-30(28,29)14-10-13(11-21-12-14)15-5-6-16-19(23-15)26(18-7-9-25(16)18)20(27)24-17-4-2-3-8-22-17/h2-6,8,10-12,18H,7,9H2,1H3,(H,22,24,27). The Hall–Kier alpha value is -3.53. The van der Waals surface area contributed by atoms with Gasteiger partial charge in [0.2, 0.25) is 0 Å². The van der Waals surface area contributed by atoms with Crippen LogP contribution in [0.1, 0.15) is 6.42 Å². The summed E-state index contributed by atoms with van der Waals surface area (Å²) in [5.41, 5.74) is 1.99. The second kappa shape index (κ2) is 6.77. The summed E-state index contributed by atoms with van der Waals surface area (Å²) in [5, 5.41) is 2.82. The monoisotopic (exact) mass is 422 g/mol. The number of nitrogens with one attached hydrogen (secondary N) is 1. The van der Waals surface area contributed by atoms with Gasteiger partial charge in [0, 0.05) is 43.4 Å². The Bertz CT molecular complexity index is 1250. The first-order valence-corrected chi connectivity index (χ1v) is 11.3. The molecule has 2 amide bonds. The quantitative estimate of drug-likeness (QED) is 0.691. The third kappa shape index (κ3) is 3.05. The molecule has 0 saturated carbocycles. The predicted molar refractivity (Wildman–Crippen MR) is 112 cm³/mol. The lowest BCUT2D eigenvalue weighted by Gasteiger charge is -2.39. The van der Waals surface area contributed by atoms with Gasteiger partial charge in [-0.25, -0.2) is 23.2 Å². The summed E-state index contributed by atoms with van der Waals surface area (Å²) in [7, 11) is -3.39. The normalized spacial score (nSPS) is 17.2. The van der Waals surface area contributed by atoms with Crippen molar-refractivity contribution in [2.24, 2.45) is 0 Å². The van der Waals surface area contributed by atoms with E-state index in [9.17, 15) is 13.2 Å². The van der Waals surface area contributed by atoms with Crippen molar-refractivity contribution in [3.05, 3.63) is 55.0 Å². The number of sulfone groups is 1. The van der Waals surface area contributed by atoms with Gasteiger partial charge in [-0.2, -0.15) is 0 Å². The maximum atomic E-state index is 13.0. The van der Waals surface area contributed by atoms with Crippen LogP contribution in [0.3, 0.4) is 0 Å². The maximum absolute atomic E-state index is 13.0. The molecule has 5 heterocycles. The highest BCUT2D eigenvalue weighted by molar-refractivity contribution is 7.90. The van der Waals surface area contributed by atoms with E-state index in [1.54, 1.807) is 41.6 Å². The SMILES string of the molecule is CS(=O)(=O)c1cncc(-c2ccc3c(n2)N(C(=O)Nc2ccccn2)C2CCN32)c1. The fraction of sp³-hybridized carbons (Fsp3) is 0.200. The molecule has 0 aliphatic carbocycles. The average Bonchev–Trinajstić information content (AvgIpc) is 2.93. The molecule has 152 valence electrons. The van der Waals surface area contributed by atoms with E-state index < -0.39 is 9.84 Å². The molecule has 0 spiro atoms. The number of hydrogen-bond donors (Lipinski definition) is 1. The summed E-state index contributed by atoms with van der Waals surface area (Å²) < 4.78 is 23.8. The Morgan fingerprint density at radius 2 is 2.07 bits per heavy atom. The van der Waals surface area contributed by atoms with Crippen molar-refractivity contribution in [1.82, 2.24) is 15.0 Å². The molecule has 3 aromatic rings. The number of anilines is 3. The van der Waals surface area contributed by atoms with Crippen LogP contribution in [0.5, 0.6) is 0 Å². The number of rotatable bonds is 3. The second-order valence-corrected chi connectivity index (χ2v) is 9.21. The Balaban J connectivity index is 1.52. The van der Waals surface area contributed by atoms with Crippen LogP contribution in [0.25, 0.3) is 11.3 Å². The summed E-state index contributed by atoms with van der Waals surface area (Å²) in [5.74, 6) is 0.997. The molecule has 1 fully saturated rings. The van der Waals surface area contributed by atoms with E-state index in [4.69, 9.17) is 4.98 Å². The van der Waals surface area contributed by atoms with Crippen LogP contribution in [0, 0.1) is 0 Å². The Morgan fingerprint density at radius 1 is 1.20 bits per heavy atom. The van der Waals surface area contributed by atoms with Crippen molar-refractivity contribution in [3.8, 4) is 11.3 Å². The van der Waals surface area contributed by atoms with Crippen LogP contribution >= 0.6 is 0 Å². The Kier molecular flexibility index (Phi) is 4.17. The highest BCUT2D eigenvalue weighted by atomic mass is 32.2. The van der Waals surface area contributed by atoms with Gasteiger partial charge in [-0.3, -0.25) is 15.2 Å². The summed E-state index contributed by atoms with van der Waals surface area (Å²) in [4.78, 5) is 29.8. The third-order valence-electron chi connectivity index (χ3n) is 5.23. The number of pyridine rings is 3. The minimum Gasteiger partial charge on any atom is -0.347 e. The summed E-state index contributed by atoms with van der Waals surface area (Å²) in [6, 6.07) is 10.3. The number of amides is 2. The van der Waals surface area contributed by atoms with E-state index in [-0.39, 0.29) is 17.1 Å². The van der Waals surface area contributed by atoms with E-state index >= 15 is 0 Å². The molecule has 10 heteroatoms. The minimum absolute atomic E-state index is 0.0908. The number of urea groups is 1. The Morgan fingerprint density at radius 3 is 2.77 bits per heavy atom. The first kappa shape index (κ1) is 18.5. The second-order valence-electron chi connectivity index (χ2n) is 7.20. The molecule has 5 rings (SSSR count). The summed E-state index contributed by atoms with van der Waals surface area (Å²) >= 11 is 0. The number of carbonyl (C=O) groups is 1. The van der Waals surface area contributed by atoms with Gasteiger partial charge < -0.3 is 4.90 Å². The lowest BCUT2D eigenvalue weighted by molar-refractivity contribution is 0.252. The van der Waals surface area contributed by atoms with Crippen molar-refractivity contribution in [2.45, 2.75) is 17.5 Å². The molecule has 1 N–H and O–H groups in total. The van der Waals surface area contributed by atoms with Crippen LogP contribution < -0.4 is 15.1 Å². The van der Waals surface area contributed by atoms with Gasteiger partial charge in [0.25, 0.3) is 0 Å². The zero-order valence-electron chi connectivity index (χ0n) is 16.1. The minimum atomic E-state index is -3.39. The lowest BCUT2D eigenvalue weighted by atomic mass is 10.1. The molecule has 1 unspecified atom stereocenters. The molecule has 2 aliphatic heterocycles. The number of carbonyl (C=O) groups excluding carboxylic acids is 1. The van der Waals surface area contributed by atoms with Crippen molar-refractivity contribution in [1.29, 1.82) is 0 Å². The van der Waals surface area contributed by atoms with E-state index in [1.807, 2.05) is 12.1 Å². The average molecular weight is 422 g/mol. The predicted octanol–water partition coefficient (Wildman–Crippen LogP) is 2.53. The largest absolute Gasteiger partial charge is 0.347 e. The molecule has 1 saturated heterocycles. The molecule has 2 aliphatic rings. The van der Waals surface area contributed by atoms with E-state index in [2.05, 4.69) is 20.2 Å². The summed E-state index contributed by atoms with van der Waals surface area (Å²) in [6.07, 6.45) is 6.37. The first-order valence-electron chi connectivity index (χ1n) is 9.36. The molecular weight excluding hydrogens is 404 g/mol. The number of aromatic nitrogens is 3. The molecule has 0 radical (unpaired) electrons. The van der Waals surface area contributed by atoms with Crippen molar-refractivity contribution in [3.63, 3.8) is 0 Å². The zero-order valence-corrected chi connectivity index (χ0v) is 16.9. The summed E-state index contributed by atoms with van der Waals surface area (Å²) in [6.45, 7) is 0.844. The fourth-order valence-electron chi connectivity index (χ4n) is 3.67. The van der Waals surface area contributed by atoms with E-state index in [1.165, 1.54) is 6.20 Å². The number of nitrogens with zero attached hydrogens (tertiary/aromatic N) is 5. The molecular formula is C20H18N6O3S. The van der Waals surface area contributed by atoms with Gasteiger partial charge in [-0.15, -0.1) is 0 Å². The van der Waals surface area contributed by atoms with Gasteiger partial charge >= 0.3 is 6.03 Å². The fourth-order valence-corrected chi connectivity index (χ4v) is 4.26. The van der Waals surface area contributed by atoms with Gasteiger partial charge in [0.1, 0.15) is 12.0 Å². The van der Waals surface area contributed by atoms with Crippen LogP contribution in [0.15, 0.2) is 59.9 Å². The van der Waals surface area contributed by atoms with Crippen molar-refractivity contribution < 1.29 is 13.2 Å². The van der Waals surface area contributed by atoms with Crippen molar-refractivity contribution in [2.75, 3.05) is 27.9 Å². The highest BCUT2D eigenvalue weighted by Crippen LogP contribution is 2.45. The zero-order chi connectivity index (χ0) is 20.9. The molecule has 0 bridgehead atoms. The van der Waals surface area contributed by atoms with Crippen LogP contribution in [0.4, 0.5) is 22.1 Å². The van der Waals surface area contributed by atoms with E-state index in [0.29, 0.717) is 22.9 Å². The van der Waals surface area contributed by atoms with Gasteiger partial charge in [-0.05, 0) is 30.3 Å². The van der Waals surface area contributed by atoms with Crippen LogP contribution in [0.2, 0.25) is 0 Å². The lowest BCUT2D eigenvalue weighted by Crippen LogP contribution is -2.56. The highest BCUT2D eigenvalue weighted by Gasteiger charge is 2.46. The third-order valence-corrected chi connectivity index (χ3v) is 6.31. The molecule has 9 nitrogen and oxygen atoms in total. The molecule has 1 atom stereocenters. The number of fused-ring (bicyclic) bond motifs is 3. The molecule has 0 aromatic carbocycles. The number of hydrogen-bond acceptors (Lipinski definition) is 7. The smallest absolute Gasteiger partial charge is 0.330 e. The maximum Gasteiger partial charge on any atom is 0.330 e. The van der Waals surface area contributed by atoms with Gasteiger partial charge in [-0.1, -0.05) is 6.07 Å². The van der Waals surface area contributed by atoms with Crippen LogP contribution in [-0.4, -0.2) is 48.4 Å². The first-order chi connectivity index (χ1) is 14.4. The Labute approximate surface area is 173 Å². The van der Waals surface area contributed by atoms with Crippen LogP contribution in [-0.2, 0) is 9.84 Å². The van der Waals surface area contributed by atoms with Gasteiger partial charge in [0.05, 0.1) is 16.3 Å². The van der Waals surface area contributed by atoms with Gasteiger partial charge in [0.15, 0.2) is 15.7 Å². The van der Waals surface area contributed by atoms with Crippen molar-refractivity contribution >= 4 is 33.2 Å². The van der Waals surface area contributed by atoms with E-state index in [0.717, 1.165) is 24.9 Å².